The van der Waals surface area contributed by atoms with Crippen LogP contribution in [0.1, 0.15) is 51.9 Å². The van der Waals surface area contributed by atoms with Crippen LogP contribution in [-0.4, -0.2) is 7.11 Å². The fourth-order valence-electron chi connectivity index (χ4n) is 1.80. The van der Waals surface area contributed by atoms with Crippen LogP contribution in [0, 0.1) is 0 Å². The SMILES string of the molecule is CCCCC=C=C(OC)C1=CCCCC1. The van der Waals surface area contributed by atoms with E-state index in [2.05, 4.69) is 24.8 Å². The molecule has 0 spiro atoms. The fourth-order valence-corrected chi connectivity index (χ4v) is 1.80. The van der Waals surface area contributed by atoms with Gasteiger partial charge in [0.1, 0.15) is 0 Å². The third-order valence-electron chi connectivity index (χ3n) is 2.72. The Kier molecular flexibility index (Phi) is 5.96. The Bertz CT molecular complexity index is 267. The molecule has 0 bridgehead atoms. The van der Waals surface area contributed by atoms with Crippen molar-refractivity contribution in [2.24, 2.45) is 0 Å². The maximum Gasteiger partial charge on any atom is 0.164 e. The molecule has 0 amide bonds. The monoisotopic (exact) mass is 206 g/mol. The van der Waals surface area contributed by atoms with Crippen LogP contribution in [0.4, 0.5) is 0 Å². The van der Waals surface area contributed by atoms with Gasteiger partial charge in [0.25, 0.3) is 0 Å². The minimum Gasteiger partial charge on any atom is -0.489 e. The van der Waals surface area contributed by atoms with E-state index < -0.39 is 0 Å². The van der Waals surface area contributed by atoms with Gasteiger partial charge in [-0.2, -0.15) is 0 Å². The molecule has 15 heavy (non-hydrogen) atoms. The van der Waals surface area contributed by atoms with Gasteiger partial charge in [0.15, 0.2) is 5.76 Å². The van der Waals surface area contributed by atoms with Crippen LogP contribution in [0.25, 0.3) is 0 Å². The van der Waals surface area contributed by atoms with Crippen LogP contribution < -0.4 is 0 Å². The van der Waals surface area contributed by atoms with Gasteiger partial charge in [0.2, 0.25) is 0 Å². The quantitative estimate of drug-likeness (QED) is 0.369. The van der Waals surface area contributed by atoms with E-state index in [0.29, 0.717) is 0 Å². The van der Waals surface area contributed by atoms with E-state index in [1.807, 2.05) is 0 Å². The number of hydrogen-bond donors (Lipinski definition) is 0. The van der Waals surface area contributed by atoms with Gasteiger partial charge < -0.3 is 4.74 Å². The summed E-state index contributed by atoms with van der Waals surface area (Å²) in [5.74, 6) is 0.950. The summed E-state index contributed by atoms with van der Waals surface area (Å²) >= 11 is 0. The van der Waals surface area contributed by atoms with Crippen molar-refractivity contribution in [3.63, 3.8) is 0 Å². The van der Waals surface area contributed by atoms with E-state index in [1.54, 1.807) is 7.11 Å². The summed E-state index contributed by atoms with van der Waals surface area (Å²) in [6, 6.07) is 0. The Hall–Kier alpha value is -0.940. The molecule has 1 rings (SSSR count). The molecule has 0 aromatic rings. The van der Waals surface area contributed by atoms with E-state index >= 15 is 0 Å². The molecule has 0 radical (unpaired) electrons. The smallest absolute Gasteiger partial charge is 0.164 e. The number of hydrogen-bond acceptors (Lipinski definition) is 1. The Labute approximate surface area is 93.5 Å². The molecule has 0 aromatic heterocycles. The van der Waals surface area contributed by atoms with Crippen LogP contribution in [0.3, 0.4) is 0 Å². The first kappa shape index (κ1) is 12.1. The van der Waals surface area contributed by atoms with Crippen molar-refractivity contribution in [1.29, 1.82) is 0 Å². The number of rotatable bonds is 5. The number of ether oxygens (including phenoxy) is 1. The van der Waals surface area contributed by atoms with Crippen LogP contribution >= 0.6 is 0 Å². The summed E-state index contributed by atoms with van der Waals surface area (Å²) < 4.78 is 5.38. The first-order valence-corrected chi connectivity index (χ1v) is 6.07. The standard InChI is InChI=1S/C14H22O/c1-3-4-5-9-12-14(15-2)13-10-7-6-8-11-13/h9-10H,3-8,11H2,1-2H3. The first-order valence-electron chi connectivity index (χ1n) is 6.07. The van der Waals surface area contributed by atoms with Crippen molar-refractivity contribution in [1.82, 2.24) is 0 Å². The van der Waals surface area contributed by atoms with Gasteiger partial charge >= 0.3 is 0 Å². The number of methoxy groups -OCH3 is 1. The molecule has 0 unspecified atom stereocenters. The van der Waals surface area contributed by atoms with Gasteiger partial charge in [-0.3, -0.25) is 0 Å². The van der Waals surface area contributed by atoms with E-state index in [-0.39, 0.29) is 0 Å². The minimum absolute atomic E-state index is 0.950. The van der Waals surface area contributed by atoms with E-state index in [9.17, 15) is 0 Å². The van der Waals surface area contributed by atoms with Crippen molar-refractivity contribution in [2.45, 2.75) is 51.9 Å². The zero-order valence-electron chi connectivity index (χ0n) is 10.0. The van der Waals surface area contributed by atoms with Crippen LogP contribution in [-0.2, 0) is 4.74 Å². The molecule has 1 heteroatoms. The summed E-state index contributed by atoms with van der Waals surface area (Å²) in [7, 11) is 1.74. The lowest BCUT2D eigenvalue weighted by atomic mass is 9.98. The largest absolute Gasteiger partial charge is 0.489 e. The van der Waals surface area contributed by atoms with Gasteiger partial charge in [-0.25, -0.2) is 0 Å². The second-order valence-corrected chi connectivity index (χ2v) is 4.00. The third-order valence-corrected chi connectivity index (χ3v) is 2.72. The molecule has 0 atom stereocenters. The van der Waals surface area contributed by atoms with Crippen molar-refractivity contribution < 1.29 is 4.74 Å². The zero-order valence-corrected chi connectivity index (χ0v) is 10.0. The molecular formula is C14H22O. The summed E-state index contributed by atoms with van der Waals surface area (Å²) in [6.07, 6.45) is 12.9. The predicted octanol–water partition coefficient (Wildman–Crippen LogP) is 4.36. The van der Waals surface area contributed by atoms with Crippen LogP contribution in [0.15, 0.2) is 29.2 Å². The van der Waals surface area contributed by atoms with Gasteiger partial charge in [-0.1, -0.05) is 25.2 Å². The minimum atomic E-state index is 0.950. The molecule has 84 valence electrons. The molecule has 0 N–H and O–H groups in total. The topological polar surface area (TPSA) is 9.23 Å². The van der Waals surface area contributed by atoms with Crippen molar-refractivity contribution >= 4 is 0 Å². The van der Waals surface area contributed by atoms with E-state index in [4.69, 9.17) is 4.74 Å². The Morgan fingerprint density at radius 1 is 1.53 bits per heavy atom. The van der Waals surface area contributed by atoms with Crippen molar-refractivity contribution in [3.05, 3.63) is 29.2 Å². The molecule has 1 aliphatic rings. The lowest BCUT2D eigenvalue weighted by Crippen LogP contribution is -1.96. The highest BCUT2D eigenvalue weighted by Crippen LogP contribution is 2.23. The maximum absolute atomic E-state index is 5.38. The van der Waals surface area contributed by atoms with Crippen molar-refractivity contribution in [2.75, 3.05) is 7.11 Å². The van der Waals surface area contributed by atoms with Crippen LogP contribution in [0.5, 0.6) is 0 Å². The van der Waals surface area contributed by atoms with E-state index in [0.717, 1.165) is 18.6 Å². The first-order chi connectivity index (χ1) is 7.38. The molecular weight excluding hydrogens is 184 g/mol. The zero-order chi connectivity index (χ0) is 10.9. The molecule has 0 heterocycles. The average molecular weight is 206 g/mol. The lowest BCUT2D eigenvalue weighted by Gasteiger charge is -2.12. The Morgan fingerprint density at radius 3 is 3.00 bits per heavy atom. The molecule has 0 saturated carbocycles. The molecule has 0 aliphatic heterocycles. The third kappa shape index (κ3) is 4.40. The summed E-state index contributed by atoms with van der Waals surface area (Å²) in [4.78, 5) is 0. The van der Waals surface area contributed by atoms with Gasteiger partial charge in [-0.15, -0.1) is 0 Å². The number of allylic oxidation sites excluding steroid dienone is 2. The summed E-state index contributed by atoms with van der Waals surface area (Å²) in [5, 5.41) is 0. The second-order valence-electron chi connectivity index (χ2n) is 4.00. The average Bonchev–Trinajstić information content (AvgIpc) is 2.30. The molecule has 1 aliphatic carbocycles. The lowest BCUT2D eigenvalue weighted by molar-refractivity contribution is 0.297. The van der Waals surface area contributed by atoms with Gasteiger partial charge in [0, 0.05) is 0 Å². The predicted molar refractivity (Wildman–Crippen MR) is 64.7 cm³/mol. The molecule has 1 nitrogen and oxygen atoms in total. The summed E-state index contributed by atoms with van der Waals surface area (Å²) in [6.45, 7) is 2.21. The number of unbranched alkanes of at least 4 members (excludes halogenated alkanes) is 2. The molecule has 0 aromatic carbocycles. The van der Waals surface area contributed by atoms with Crippen molar-refractivity contribution in [3.8, 4) is 0 Å². The van der Waals surface area contributed by atoms with Gasteiger partial charge in [-0.05, 0) is 50.2 Å². The second kappa shape index (κ2) is 7.36. The fraction of sp³-hybridized carbons (Fsp3) is 0.643. The Balaban J connectivity index is 2.60. The van der Waals surface area contributed by atoms with Crippen LogP contribution in [0.2, 0.25) is 0 Å². The molecule has 0 saturated heterocycles. The highest BCUT2D eigenvalue weighted by Gasteiger charge is 2.07. The summed E-state index contributed by atoms with van der Waals surface area (Å²) in [5.41, 5.74) is 4.62. The Morgan fingerprint density at radius 2 is 2.40 bits per heavy atom. The van der Waals surface area contributed by atoms with E-state index in [1.165, 1.54) is 37.7 Å². The normalized spacial score (nSPS) is 15.2. The highest BCUT2D eigenvalue weighted by atomic mass is 16.5. The van der Waals surface area contributed by atoms with Gasteiger partial charge in [0.05, 0.1) is 7.11 Å². The maximum atomic E-state index is 5.38. The highest BCUT2D eigenvalue weighted by molar-refractivity contribution is 5.26. The molecule has 0 fully saturated rings.